The van der Waals surface area contributed by atoms with Crippen molar-refractivity contribution in [2.24, 2.45) is 0 Å². The highest BCUT2D eigenvalue weighted by molar-refractivity contribution is 6.30. The number of hydrogen-bond donors (Lipinski definition) is 0. The monoisotopic (exact) mass is 412 g/mol. The Kier molecular flexibility index (Phi) is 6.21. The summed E-state index contributed by atoms with van der Waals surface area (Å²) in [6, 6.07) is 33.3. The van der Waals surface area contributed by atoms with E-state index in [0.29, 0.717) is 12.5 Å². The molecule has 30 heavy (non-hydrogen) atoms. The molecule has 0 saturated carbocycles. The van der Waals surface area contributed by atoms with E-state index < -0.39 is 0 Å². The van der Waals surface area contributed by atoms with Crippen molar-refractivity contribution in [3.63, 3.8) is 0 Å². The molecule has 4 rings (SSSR count). The number of ether oxygens (including phenoxy) is 1. The van der Waals surface area contributed by atoms with Crippen LogP contribution in [0, 0.1) is 0 Å². The average Bonchev–Trinajstić information content (AvgIpc) is 2.79. The van der Waals surface area contributed by atoms with Crippen LogP contribution in [-0.2, 0) is 6.61 Å². The molecule has 0 aliphatic carbocycles. The Bertz CT molecular complexity index is 1110. The number of rotatable bonds is 6. The third kappa shape index (κ3) is 4.75. The molecule has 150 valence electrons. The van der Waals surface area contributed by atoms with Gasteiger partial charge in [0.25, 0.3) is 0 Å². The minimum atomic E-state index is 0.497. The second-order valence-electron chi connectivity index (χ2n) is 7.77. The van der Waals surface area contributed by atoms with Crippen molar-refractivity contribution < 1.29 is 4.74 Å². The van der Waals surface area contributed by atoms with Gasteiger partial charge in [0.15, 0.2) is 0 Å². The fourth-order valence-electron chi connectivity index (χ4n) is 3.49. The molecule has 4 aromatic rings. The lowest BCUT2D eigenvalue weighted by Crippen LogP contribution is -1.97. The summed E-state index contributed by atoms with van der Waals surface area (Å²) in [4.78, 5) is 0. The van der Waals surface area contributed by atoms with Crippen LogP contribution in [0.3, 0.4) is 0 Å². The van der Waals surface area contributed by atoms with Gasteiger partial charge in [-0.25, -0.2) is 0 Å². The van der Waals surface area contributed by atoms with Crippen molar-refractivity contribution in [1.82, 2.24) is 0 Å². The van der Waals surface area contributed by atoms with E-state index in [1.54, 1.807) is 0 Å². The lowest BCUT2D eigenvalue weighted by Gasteiger charge is -2.14. The first kappa shape index (κ1) is 20.3. The van der Waals surface area contributed by atoms with Crippen molar-refractivity contribution in [2.75, 3.05) is 0 Å². The van der Waals surface area contributed by atoms with Gasteiger partial charge < -0.3 is 4.74 Å². The molecule has 0 spiro atoms. The van der Waals surface area contributed by atoms with E-state index in [1.807, 2.05) is 36.4 Å². The Morgan fingerprint density at radius 2 is 1.37 bits per heavy atom. The Hall–Kier alpha value is -3.03. The van der Waals surface area contributed by atoms with Crippen molar-refractivity contribution in [1.29, 1.82) is 0 Å². The number of hydrogen-bond acceptors (Lipinski definition) is 1. The first-order valence-corrected chi connectivity index (χ1v) is 10.6. The van der Waals surface area contributed by atoms with Gasteiger partial charge in [0.2, 0.25) is 0 Å². The highest BCUT2D eigenvalue weighted by Gasteiger charge is 2.08. The van der Waals surface area contributed by atoms with Crippen molar-refractivity contribution in [2.45, 2.75) is 26.4 Å². The summed E-state index contributed by atoms with van der Waals surface area (Å²) in [6.45, 7) is 4.96. The standard InChI is InChI=1S/C28H25ClO/c1-20(2)24-6-5-7-25(18-24)27-8-3-4-9-28(27)30-19-21-10-12-22(13-11-21)23-14-16-26(29)17-15-23/h3-18,20H,19H2,1-2H3. The van der Waals surface area contributed by atoms with E-state index in [1.165, 1.54) is 16.7 Å². The van der Waals surface area contributed by atoms with Crippen LogP contribution in [0.2, 0.25) is 5.02 Å². The van der Waals surface area contributed by atoms with Crippen LogP contribution in [-0.4, -0.2) is 0 Å². The number of benzene rings is 4. The normalized spacial score (nSPS) is 10.9. The molecule has 0 aliphatic heterocycles. The molecule has 0 N–H and O–H groups in total. The molecule has 0 unspecified atom stereocenters. The zero-order chi connectivity index (χ0) is 20.9. The number of para-hydroxylation sites is 1. The van der Waals surface area contributed by atoms with Gasteiger partial charge in [0, 0.05) is 10.6 Å². The minimum absolute atomic E-state index is 0.497. The molecule has 0 saturated heterocycles. The summed E-state index contributed by atoms with van der Waals surface area (Å²) >= 11 is 5.99. The van der Waals surface area contributed by atoms with Crippen LogP contribution in [0.1, 0.15) is 30.9 Å². The molecule has 0 fully saturated rings. The Morgan fingerprint density at radius 1 is 0.700 bits per heavy atom. The van der Waals surface area contributed by atoms with Gasteiger partial charge in [-0.1, -0.05) is 104 Å². The van der Waals surface area contributed by atoms with Crippen LogP contribution in [0.4, 0.5) is 0 Å². The predicted molar refractivity (Wildman–Crippen MR) is 127 cm³/mol. The van der Waals surface area contributed by atoms with Crippen LogP contribution in [0.5, 0.6) is 5.75 Å². The first-order valence-electron chi connectivity index (χ1n) is 10.3. The van der Waals surface area contributed by atoms with Crippen molar-refractivity contribution in [3.8, 4) is 28.0 Å². The van der Waals surface area contributed by atoms with Crippen LogP contribution >= 0.6 is 11.6 Å². The third-order valence-electron chi connectivity index (χ3n) is 5.28. The molecule has 0 heterocycles. The summed E-state index contributed by atoms with van der Waals surface area (Å²) in [5.41, 5.74) is 7.11. The van der Waals surface area contributed by atoms with E-state index in [4.69, 9.17) is 16.3 Å². The van der Waals surface area contributed by atoms with Crippen LogP contribution < -0.4 is 4.74 Å². The van der Waals surface area contributed by atoms with Gasteiger partial charge in [-0.05, 0) is 51.9 Å². The molecular weight excluding hydrogens is 388 g/mol. The summed E-state index contributed by atoms with van der Waals surface area (Å²) < 4.78 is 6.22. The van der Waals surface area contributed by atoms with E-state index in [-0.39, 0.29) is 0 Å². The Morgan fingerprint density at radius 3 is 2.07 bits per heavy atom. The molecule has 0 bridgehead atoms. The van der Waals surface area contributed by atoms with Crippen LogP contribution in [0.25, 0.3) is 22.3 Å². The largest absolute Gasteiger partial charge is 0.488 e. The molecule has 0 aromatic heterocycles. The number of halogens is 1. The van der Waals surface area contributed by atoms with Gasteiger partial charge in [-0.15, -0.1) is 0 Å². The highest BCUT2D eigenvalue weighted by atomic mass is 35.5. The first-order chi connectivity index (χ1) is 14.6. The zero-order valence-electron chi connectivity index (χ0n) is 17.3. The lowest BCUT2D eigenvalue weighted by molar-refractivity contribution is 0.307. The fraction of sp³-hybridized carbons (Fsp3) is 0.143. The van der Waals surface area contributed by atoms with Gasteiger partial charge in [0.1, 0.15) is 12.4 Å². The fourth-order valence-corrected chi connectivity index (χ4v) is 3.62. The topological polar surface area (TPSA) is 9.23 Å². The maximum Gasteiger partial charge on any atom is 0.127 e. The molecule has 0 amide bonds. The third-order valence-corrected chi connectivity index (χ3v) is 5.53. The maximum absolute atomic E-state index is 6.22. The van der Waals surface area contributed by atoms with E-state index in [0.717, 1.165) is 27.5 Å². The Balaban J connectivity index is 1.51. The SMILES string of the molecule is CC(C)c1cccc(-c2ccccc2OCc2ccc(-c3ccc(Cl)cc3)cc2)c1. The molecule has 1 nitrogen and oxygen atoms in total. The molecule has 4 aromatic carbocycles. The highest BCUT2D eigenvalue weighted by Crippen LogP contribution is 2.32. The molecule has 0 aliphatic rings. The van der Waals surface area contributed by atoms with Gasteiger partial charge in [-0.2, -0.15) is 0 Å². The van der Waals surface area contributed by atoms with Gasteiger partial charge in [-0.3, -0.25) is 0 Å². The average molecular weight is 413 g/mol. The summed E-state index contributed by atoms with van der Waals surface area (Å²) in [7, 11) is 0. The van der Waals surface area contributed by atoms with E-state index >= 15 is 0 Å². The molecule has 0 atom stereocenters. The van der Waals surface area contributed by atoms with Gasteiger partial charge >= 0.3 is 0 Å². The zero-order valence-corrected chi connectivity index (χ0v) is 18.1. The quantitative estimate of drug-likeness (QED) is 0.309. The second kappa shape index (κ2) is 9.19. The van der Waals surface area contributed by atoms with E-state index in [9.17, 15) is 0 Å². The van der Waals surface area contributed by atoms with E-state index in [2.05, 4.69) is 74.5 Å². The molecule has 0 radical (unpaired) electrons. The Labute approximate surface area is 183 Å². The maximum atomic E-state index is 6.22. The summed E-state index contributed by atoms with van der Waals surface area (Å²) in [5.74, 6) is 1.40. The second-order valence-corrected chi connectivity index (χ2v) is 8.21. The predicted octanol–water partition coefficient (Wildman–Crippen LogP) is 8.38. The van der Waals surface area contributed by atoms with Crippen molar-refractivity contribution >= 4 is 11.6 Å². The van der Waals surface area contributed by atoms with Crippen LogP contribution in [0.15, 0.2) is 97.1 Å². The molecular formula is C28H25ClO. The van der Waals surface area contributed by atoms with Gasteiger partial charge in [0.05, 0.1) is 0 Å². The summed E-state index contributed by atoms with van der Waals surface area (Å²) in [6.07, 6.45) is 0. The minimum Gasteiger partial charge on any atom is -0.488 e. The van der Waals surface area contributed by atoms with Crippen molar-refractivity contribution in [3.05, 3.63) is 113 Å². The lowest BCUT2D eigenvalue weighted by atomic mass is 9.97. The summed E-state index contributed by atoms with van der Waals surface area (Å²) in [5, 5.41) is 0.751. The molecule has 2 heteroatoms. The smallest absolute Gasteiger partial charge is 0.127 e.